The van der Waals surface area contributed by atoms with Crippen LogP contribution in [-0.4, -0.2) is 11.1 Å². The Morgan fingerprint density at radius 3 is 1.83 bits per heavy atom. The molecule has 0 rings (SSSR count). The van der Waals surface area contributed by atoms with Crippen LogP contribution in [0.5, 0.6) is 0 Å². The van der Waals surface area contributed by atoms with Crippen molar-refractivity contribution in [3.8, 4) is 0 Å². The molecule has 2 heteroatoms. The molecule has 0 fully saturated rings. The van der Waals surface area contributed by atoms with Crippen molar-refractivity contribution in [3.05, 3.63) is 0 Å². The maximum absolute atomic E-state index is 10.5. The molecule has 0 heterocycles. The van der Waals surface area contributed by atoms with Gasteiger partial charge < -0.3 is 5.11 Å². The standard InChI is InChI=1S/C10H20O2/c1-9(2,3)7-10(4,5)6-8(11)12/h6-7H2,1-5H3,(H,11,12). The van der Waals surface area contributed by atoms with Gasteiger partial charge in [-0.15, -0.1) is 0 Å². The highest BCUT2D eigenvalue weighted by Gasteiger charge is 2.27. The van der Waals surface area contributed by atoms with Crippen molar-refractivity contribution in [3.63, 3.8) is 0 Å². The third-order valence-corrected chi connectivity index (χ3v) is 1.64. The average molecular weight is 172 g/mol. The predicted octanol–water partition coefficient (Wildman–Crippen LogP) is 2.92. The Bertz CT molecular complexity index is 163. The van der Waals surface area contributed by atoms with Gasteiger partial charge in [-0.2, -0.15) is 0 Å². The minimum absolute atomic E-state index is 0.0932. The Kier molecular flexibility index (Phi) is 3.31. The highest BCUT2D eigenvalue weighted by molar-refractivity contribution is 5.67. The van der Waals surface area contributed by atoms with Crippen molar-refractivity contribution >= 4 is 5.97 Å². The molecule has 0 radical (unpaired) electrons. The summed E-state index contributed by atoms with van der Waals surface area (Å²) < 4.78 is 0. The van der Waals surface area contributed by atoms with Crippen molar-refractivity contribution in [1.82, 2.24) is 0 Å². The lowest BCUT2D eigenvalue weighted by Crippen LogP contribution is -2.23. The van der Waals surface area contributed by atoms with Crippen molar-refractivity contribution in [2.45, 2.75) is 47.5 Å². The minimum Gasteiger partial charge on any atom is -0.481 e. The van der Waals surface area contributed by atoms with E-state index in [1.54, 1.807) is 0 Å². The zero-order chi connectivity index (χ0) is 9.99. The average Bonchev–Trinajstić information content (AvgIpc) is 1.48. The number of hydrogen-bond donors (Lipinski definition) is 1. The molecule has 72 valence electrons. The molecular weight excluding hydrogens is 152 g/mol. The van der Waals surface area contributed by atoms with Crippen LogP contribution in [0, 0.1) is 10.8 Å². The molecule has 0 aliphatic rings. The Morgan fingerprint density at radius 1 is 1.17 bits per heavy atom. The Hall–Kier alpha value is -0.530. The van der Waals surface area contributed by atoms with Crippen LogP contribution in [0.4, 0.5) is 0 Å². The fourth-order valence-corrected chi connectivity index (χ4v) is 1.91. The molecule has 0 unspecified atom stereocenters. The lowest BCUT2D eigenvalue weighted by molar-refractivity contribution is -0.139. The second-order valence-corrected chi connectivity index (χ2v) is 5.47. The first-order valence-corrected chi connectivity index (χ1v) is 4.34. The number of aliphatic carboxylic acids is 1. The summed E-state index contributed by atoms with van der Waals surface area (Å²) in [6.45, 7) is 10.4. The largest absolute Gasteiger partial charge is 0.481 e. The van der Waals surface area contributed by atoms with E-state index >= 15 is 0 Å². The van der Waals surface area contributed by atoms with Crippen molar-refractivity contribution in [2.24, 2.45) is 10.8 Å². The number of carboxylic acid groups (broad SMARTS) is 1. The molecule has 12 heavy (non-hydrogen) atoms. The third kappa shape index (κ3) is 6.20. The van der Waals surface area contributed by atoms with Crippen LogP contribution in [0.25, 0.3) is 0 Å². The molecule has 1 N–H and O–H groups in total. The summed E-state index contributed by atoms with van der Waals surface area (Å²) in [6.07, 6.45) is 1.19. The number of hydrogen-bond acceptors (Lipinski definition) is 1. The van der Waals surface area contributed by atoms with Gasteiger partial charge in [-0.05, 0) is 17.3 Å². The van der Waals surface area contributed by atoms with Crippen LogP contribution in [-0.2, 0) is 4.79 Å². The molecule has 0 aromatic heterocycles. The molecule has 0 aromatic rings. The SMILES string of the molecule is CC(C)(C)CC(C)(C)CC(=O)O. The Labute approximate surface area is 75.0 Å². The van der Waals surface area contributed by atoms with Crippen LogP contribution in [0.2, 0.25) is 0 Å². The van der Waals surface area contributed by atoms with E-state index in [0.29, 0.717) is 0 Å². The van der Waals surface area contributed by atoms with E-state index in [2.05, 4.69) is 20.8 Å². The second-order valence-electron chi connectivity index (χ2n) is 5.47. The molecule has 0 aliphatic heterocycles. The number of rotatable bonds is 3. The van der Waals surface area contributed by atoms with Gasteiger partial charge in [-0.25, -0.2) is 0 Å². The molecule has 0 spiro atoms. The van der Waals surface area contributed by atoms with Crippen LogP contribution >= 0.6 is 0 Å². The highest BCUT2D eigenvalue weighted by atomic mass is 16.4. The van der Waals surface area contributed by atoms with Crippen LogP contribution in [0.3, 0.4) is 0 Å². The van der Waals surface area contributed by atoms with Gasteiger partial charge in [-0.1, -0.05) is 34.6 Å². The summed E-state index contributed by atoms with van der Waals surface area (Å²) in [5, 5.41) is 8.65. The number of carbonyl (C=O) groups is 1. The van der Waals surface area contributed by atoms with Crippen LogP contribution in [0.15, 0.2) is 0 Å². The predicted molar refractivity (Wildman–Crippen MR) is 50.1 cm³/mol. The summed E-state index contributed by atoms with van der Waals surface area (Å²) in [6, 6.07) is 0. The van der Waals surface area contributed by atoms with E-state index in [-0.39, 0.29) is 17.3 Å². The summed E-state index contributed by atoms with van der Waals surface area (Å²) in [5.74, 6) is -0.704. The zero-order valence-electron chi connectivity index (χ0n) is 8.77. The summed E-state index contributed by atoms with van der Waals surface area (Å²) in [4.78, 5) is 10.5. The Balaban J connectivity index is 4.13. The molecule has 0 saturated carbocycles. The summed E-state index contributed by atoms with van der Waals surface area (Å²) in [7, 11) is 0. The van der Waals surface area contributed by atoms with E-state index in [0.717, 1.165) is 6.42 Å². The molecule has 0 bridgehead atoms. The molecule has 0 atom stereocenters. The van der Waals surface area contributed by atoms with Gasteiger partial charge in [0.15, 0.2) is 0 Å². The van der Waals surface area contributed by atoms with Crippen LogP contribution in [0.1, 0.15) is 47.5 Å². The molecule has 0 saturated heterocycles. The van der Waals surface area contributed by atoms with E-state index in [4.69, 9.17) is 5.11 Å². The maximum Gasteiger partial charge on any atom is 0.303 e. The van der Waals surface area contributed by atoms with Gasteiger partial charge in [0.25, 0.3) is 0 Å². The summed E-state index contributed by atoms with van der Waals surface area (Å²) in [5.41, 5.74) is 0.114. The first kappa shape index (κ1) is 11.5. The lowest BCUT2D eigenvalue weighted by atomic mass is 9.74. The Morgan fingerprint density at radius 2 is 1.58 bits per heavy atom. The molecule has 2 nitrogen and oxygen atoms in total. The minimum atomic E-state index is -0.704. The quantitative estimate of drug-likeness (QED) is 0.710. The zero-order valence-corrected chi connectivity index (χ0v) is 8.77. The third-order valence-electron chi connectivity index (χ3n) is 1.64. The van der Waals surface area contributed by atoms with Gasteiger partial charge in [0.2, 0.25) is 0 Å². The van der Waals surface area contributed by atoms with Crippen molar-refractivity contribution in [1.29, 1.82) is 0 Å². The first-order valence-electron chi connectivity index (χ1n) is 4.34. The fourth-order valence-electron chi connectivity index (χ4n) is 1.91. The van der Waals surface area contributed by atoms with Crippen LogP contribution < -0.4 is 0 Å². The molecule has 0 aromatic carbocycles. The van der Waals surface area contributed by atoms with E-state index < -0.39 is 5.97 Å². The van der Waals surface area contributed by atoms with Gasteiger partial charge >= 0.3 is 5.97 Å². The van der Waals surface area contributed by atoms with Gasteiger partial charge in [0, 0.05) is 0 Å². The topological polar surface area (TPSA) is 37.3 Å². The smallest absolute Gasteiger partial charge is 0.303 e. The van der Waals surface area contributed by atoms with Gasteiger partial charge in [0.1, 0.15) is 0 Å². The van der Waals surface area contributed by atoms with Gasteiger partial charge in [-0.3, -0.25) is 4.79 Å². The second kappa shape index (κ2) is 3.46. The summed E-state index contributed by atoms with van der Waals surface area (Å²) >= 11 is 0. The normalized spacial score (nSPS) is 13.1. The first-order chi connectivity index (χ1) is 5.12. The molecular formula is C10H20O2. The van der Waals surface area contributed by atoms with E-state index in [1.165, 1.54) is 0 Å². The lowest BCUT2D eigenvalue weighted by Gasteiger charge is -2.30. The van der Waals surface area contributed by atoms with E-state index in [1.807, 2.05) is 13.8 Å². The highest BCUT2D eigenvalue weighted by Crippen LogP contribution is 2.35. The monoisotopic (exact) mass is 172 g/mol. The van der Waals surface area contributed by atoms with Crippen molar-refractivity contribution in [2.75, 3.05) is 0 Å². The maximum atomic E-state index is 10.5. The fraction of sp³-hybridized carbons (Fsp3) is 0.900. The van der Waals surface area contributed by atoms with E-state index in [9.17, 15) is 4.79 Å². The van der Waals surface area contributed by atoms with Gasteiger partial charge in [0.05, 0.1) is 6.42 Å². The number of carboxylic acids is 1. The van der Waals surface area contributed by atoms with Crippen molar-refractivity contribution < 1.29 is 9.90 Å². The molecule has 0 amide bonds. The molecule has 0 aliphatic carbocycles.